The van der Waals surface area contributed by atoms with Crippen molar-refractivity contribution in [1.82, 2.24) is 0 Å². The van der Waals surface area contributed by atoms with Crippen molar-refractivity contribution in [2.45, 2.75) is 39.0 Å². The molecule has 7 heteroatoms. The van der Waals surface area contributed by atoms with Crippen molar-refractivity contribution in [2.75, 3.05) is 12.4 Å². The number of ether oxygens (including phenoxy) is 1. The molecule has 0 spiro atoms. The number of carboxylic acid groups (broad SMARTS) is 1. The van der Waals surface area contributed by atoms with Crippen LogP contribution in [0.1, 0.15) is 47.8 Å². The highest BCUT2D eigenvalue weighted by atomic mass is 32.1. The van der Waals surface area contributed by atoms with E-state index in [0.717, 1.165) is 17.7 Å². The molecule has 0 radical (unpaired) electrons. The number of thiophene rings is 1. The van der Waals surface area contributed by atoms with Gasteiger partial charge in [0.25, 0.3) is 0 Å². The summed E-state index contributed by atoms with van der Waals surface area (Å²) >= 11 is 1.33. The van der Waals surface area contributed by atoms with Gasteiger partial charge in [-0.15, -0.1) is 11.3 Å². The van der Waals surface area contributed by atoms with E-state index in [1.165, 1.54) is 18.4 Å². The third kappa shape index (κ3) is 5.55. The molecule has 6 nitrogen and oxygen atoms in total. The lowest BCUT2D eigenvalue weighted by Gasteiger charge is -2.05. The number of rotatable bonds is 8. The van der Waals surface area contributed by atoms with E-state index in [9.17, 15) is 19.5 Å². The average Bonchev–Trinajstić information content (AvgIpc) is 2.80. The fraction of sp³-hybridized carbons (Fsp3) is 0.500. The maximum atomic E-state index is 11.8. The van der Waals surface area contributed by atoms with E-state index in [2.05, 4.69) is 5.32 Å². The molecule has 0 aliphatic heterocycles. The lowest BCUT2D eigenvalue weighted by Crippen LogP contribution is -2.22. The van der Waals surface area contributed by atoms with E-state index < -0.39 is 11.9 Å². The van der Waals surface area contributed by atoms with Crippen LogP contribution in [0.15, 0.2) is 6.07 Å². The smallest absolute Gasteiger partial charge is 0.340 e. The molecule has 21 heavy (non-hydrogen) atoms. The van der Waals surface area contributed by atoms with Gasteiger partial charge in [0.05, 0.1) is 12.7 Å². The molecule has 1 rings (SSSR count). The second kappa shape index (κ2) is 8.41. The summed E-state index contributed by atoms with van der Waals surface area (Å²) in [6, 6.07) is 1.72. The van der Waals surface area contributed by atoms with E-state index >= 15 is 0 Å². The van der Waals surface area contributed by atoms with Crippen LogP contribution < -0.4 is 10.4 Å². The first-order valence-corrected chi connectivity index (χ1v) is 7.50. The molecule has 116 valence electrons. The molecule has 0 saturated carbocycles. The summed E-state index contributed by atoms with van der Waals surface area (Å²) in [6.07, 6.45) is 1.85. The highest BCUT2D eigenvalue weighted by Gasteiger charge is 2.18. The van der Waals surface area contributed by atoms with Gasteiger partial charge < -0.3 is 20.0 Å². The Morgan fingerprint density at radius 3 is 2.62 bits per heavy atom. The van der Waals surface area contributed by atoms with Crippen LogP contribution in [0, 0.1) is 0 Å². The van der Waals surface area contributed by atoms with Gasteiger partial charge in [-0.05, 0) is 25.3 Å². The van der Waals surface area contributed by atoms with Gasteiger partial charge in [0.15, 0.2) is 0 Å². The summed E-state index contributed by atoms with van der Waals surface area (Å²) in [4.78, 5) is 34.7. The maximum absolute atomic E-state index is 11.8. The van der Waals surface area contributed by atoms with Gasteiger partial charge in [-0.25, -0.2) is 4.79 Å². The number of carbonyl (C=O) groups is 3. The van der Waals surface area contributed by atoms with Gasteiger partial charge in [0.1, 0.15) is 5.00 Å². The Kier molecular flexibility index (Phi) is 6.87. The Balaban J connectivity index is 2.73. The normalized spacial score (nSPS) is 10.2. The minimum Gasteiger partial charge on any atom is -0.550 e. The van der Waals surface area contributed by atoms with E-state index in [-0.39, 0.29) is 25.2 Å². The van der Waals surface area contributed by atoms with Gasteiger partial charge >= 0.3 is 5.97 Å². The zero-order chi connectivity index (χ0) is 15.8. The molecule has 0 aliphatic rings. The number of carbonyl (C=O) groups excluding carboxylic acids is 3. The number of nitrogens with one attached hydrogen (secondary N) is 1. The molecule has 1 aromatic rings. The molecule has 0 aromatic carbocycles. The first-order valence-electron chi connectivity index (χ1n) is 6.68. The largest absolute Gasteiger partial charge is 0.550 e. The summed E-state index contributed by atoms with van der Waals surface area (Å²) in [5, 5.41) is 13.4. The van der Waals surface area contributed by atoms with Crippen LogP contribution in [0.4, 0.5) is 5.00 Å². The molecule has 0 saturated heterocycles. The highest BCUT2D eigenvalue weighted by Crippen LogP contribution is 2.30. The molecule has 1 amide bonds. The van der Waals surface area contributed by atoms with E-state index in [1.54, 1.807) is 6.07 Å². The number of aliphatic carboxylic acids is 1. The van der Waals surface area contributed by atoms with Crippen molar-refractivity contribution in [3.8, 4) is 0 Å². The van der Waals surface area contributed by atoms with E-state index in [4.69, 9.17) is 4.74 Å². The highest BCUT2D eigenvalue weighted by molar-refractivity contribution is 7.16. The van der Waals surface area contributed by atoms with Crippen molar-refractivity contribution in [3.05, 3.63) is 16.5 Å². The summed E-state index contributed by atoms with van der Waals surface area (Å²) in [5.41, 5.74) is 0.333. The summed E-state index contributed by atoms with van der Waals surface area (Å²) in [6.45, 7) is 2.02. The molecule has 0 unspecified atom stereocenters. The molecular weight excluding hydrogens is 294 g/mol. The predicted octanol–water partition coefficient (Wildman–Crippen LogP) is 1.35. The van der Waals surface area contributed by atoms with Crippen LogP contribution in [-0.4, -0.2) is 25.0 Å². The monoisotopic (exact) mass is 312 g/mol. The Morgan fingerprint density at radius 2 is 2.05 bits per heavy atom. The number of hydrogen-bond acceptors (Lipinski definition) is 6. The summed E-state index contributed by atoms with van der Waals surface area (Å²) < 4.78 is 4.69. The maximum Gasteiger partial charge on any atom is 0.340 e. The fourth-order valence-electron chi connectivity index (χ4n) is 1.75. The van der Waals surface area contributed by atoms with E-state index in [1.807, 2.05) is 6.92 Å². The quantitative estimate of drug-likeness (QED) is 0.731. The Hall–Kier alpha value is -1.89. The van der Waals surface area contributed by atoms with Crippen molar-refractivity contribution in [1.29, 1.82) is 0 Å². The topological polar surface area (TPSA) is 95.5 Å². The number of amides is 1. The Morgan fingerprint density at radius 1 is 1.33 bits per heavy atom. The van der Waals surface area contributed by atoms with Crippen LogP contribution >= 0.6 is 11.3 Å². The molecular formula is C14H18NO5S-. The van der Waals surface area contributed by atoms with Crippen molar-refractivity contribution in [3.63, 3.8) is 0 Å². The fourth-order valence-corrected chi connectivity index (χ4v) is 2.91. The zero-order valence-corrected chi connectivity index (χ0v) is 12.9. The average molecular weight is 312 g/mol. The molecule has 0 fully saturated rings. The van der Waals surface area contributed by atoms with Crippen molar-refractivity contribution in [2.24, 2.45) is 0 Å². The van der Waals surface area contributed by atoms with E-state index in [0.29, 0.717) is 10.6 Å². The summed E-state index contributed by atoms with van der Waals surface area (Å²) in [5.74, 6) is -2.01. The number of aryl methyl sites for hydroxylation is 1. The third-order valence-corrected chi connectivity index (χ3v) is 3.83. The number of methoxy groups -OCH3 is 1. The standard InChI is InChI=1S/C14H19NO5S/c1-3-5-9-8-10(14(19)20-2)13(21-9)15-11(16)6-4-7-12(17)18/h8H,3-7H2,1-2H3,(H,15,16)(H,17,18)/p-1. The minimum atomic E-state index is -1.18. The summed E-state index contributed by atoms with van der Waals surface area (Å²) in [7, 11) is 1.28. The first kappa shape index (κ1) is 17.2. The number of esters is 1. The molecule has 0 atom stereocenters. The minimum absolute atomic E-state index is 0.0651. The van der Waals surface area contributed by atoms with Crippen LogP contribution in [0.2, 0.25) is 0 Å². The second-order valence-electron chi connectivity index (χ2n) is 4.47. The van der Waals surface area contributed by atoms with Crippen LogP contribution in [0.25, 0.3) is 0 Å². The molecule has 1 heterocycles. The predicted molar refractivity (Wildman–Crippen MR) is 77.1 cm³/mol. The van der Waals surface area contributed by atoms with Gasteiger partial charge in [0, 0.05) is 17.3 Å². The van der Waals surface area contributed by atoms with Crippen LogP contribution in [0.5, 0.6) is 0 Å². The molecule has 1 aromatic heterocycles. The SMILES string of the molecule is CCCc1cc(C(=O)OC)c(NC(=O)CCCC(=O)[O-])s1. The van der Waals surface area contributed by atoms with Crippen LogP contribution in [-0.2, 0) is 20.7 Å². The third-order valence-electron chi connectivity index (χ3n) is 2.72. The van der Waals surface area contributed by atoms with Crippen molar-refractivity contribution < 1.29 is 24.2 Å². The second-order valence-corrected chi connectivity index (χ2v) is 5.61. The number of hydrogen-bond donors (Lipinski definition) is 1. The first-order chi connectivity index (χ1) is 9.97. The molecule has 1 N–H and O–H groups in total. The zero-order valence-electron chi connectivity index (χ0n) is 12.1. The van der Waals surface area contributed by atoms with Gasteiger partial charge in [-0.1, -0.05) is 13.3 Å². The van der Waals surface area contributed by atoms with Crippen molar-refractivity contribution >= 4 is 34.2 Å². The molecule has 0 aliphatic carbocycles. The lowest BCUT2D eigenvalue weighted by atomic mass is 10.2. The number of anilines is 1. The molecule has 0 bridgehead atoms. The van der Waals surface area contributed by atoms with Gasteiger partial charge in [-0.2, -0.15) is 0 Å². The Labute approximate surface area is 127 Å². The van der Waals surface area contributed by atoms with Crippen LogP contribution in [0.3, 0.4) is 0 Å². The number of carboxylic acids is 1. The lowest BCUT2D eigenvalue weighted by molar-refractivity contribution is -0.305. The van der Waals surface area contributed by atoms with Gasteiger partial charge in [-0.3, -0.25) is 4.79 Å². The Bertz CT molecular complexity index is 523. The van der Waals surface area contributed by atoms with Gasteiger partial charge in [0.2, 0.25) is 5.91 Å².